The van der Waals surface area contributed by atoms with Gasteiger partial charge >= 0.3 is 0 Å². The SMILES string of the molecule is CC(=O)Nc1ccc(/C=C(\C#N)C(=O)Nc2cccc3ccccc23)cc1. The van der Waals surface area contributed by atoms with E-state index in [1.165, 1.54) is 13.0 Å². The van der Waals surface area contributed by atoms with E-state index in [4.69, 9.17) is 0 Å². The first-order chi connectivity index (χ1) is 13.1. The molecule has 0 atom stereocenters. The van der Waals surface area contributed by atoms with Crippen LogP contribution in [0.2, 0.25) is 0 Å². The summed E-state index contributed by atoms with van der Waals surface area (Å²) >= 11 is 0. The molecule has 5 nitrogen and oxygen atoms in total. The molecule has 2 amide bonds. The Kier molecular flexibility index (Phi) is 5.29. The van der Waals surface area contributed by atoms with Crippen LogP contribution >= 0.6 is 0 Å². The molecule has 0 aliphatic carbocycles. The maximum atomic E-state index is 12.5. The molecule has 2 N–H and O–H groups in total. The van der Waals surface area contributed by atoms with Crippen LogP contribution in [0.4, 0.5) is 11.4 Å². The average Bonchev–Trinajstić information content (AvgIpc) is 2.67. The first-order valence-corrected chi connectivity index (χ1v) is 8.35. The highest BCUT2D eigenvalue weighted by Crippen LogP contribution is 2.23. The van der Waals surface area contributed by atoms with Gasteiger partial charge in [0, 0.05) is 23.7 Å². The van der Waals surface area contributed by atoms with Crippen molar-refractivity contribution in [3.8, 4) is 6.07 Å². The van der Waals surface area contributed by atoms with Crippen LogP contribution in [0.3, 0.4) is 0 Å². The number of carbonyl (C=O) groups is 2. The van der Waals surface area contributed by atoms with E-state index >= 15 is 0 Å². The van der Waals surface area contributed by atoms with Crippen molar-refractivity contribution in [1.82, 2.24) is 0 Å². The zero-order valence-corrected chi connectivity index (χ0v) is 14.7. The lowest BCUT2D eigenvalue weighted by molar-refractivity contribution is -0.114. The lowest BCUT2D eigenvalue weighted by Crippen LogP contribution is -2.13. The summed E-state index contributed by atoms with van der Waals surface area (Å²) in [5.41, 5.74) is 1.99. The van der Waals surface area contributed by atoms with Crippen molar-refractivity contribution in [2.24, 2.45) is 0 Å². The zero-order valence-electron chi connectivity index (χ0n) is 14.7. The van der Waals surface area contributed by atoms with E-state index in [1.807, 2.05) is 42.5 Å². The number of rotatable bonds is 4. The summed E-state index contributed by atoms with van der Waals surface area (Å²) in [5, 5.41) is 16.8. The lowest BCUT2D eigenvalue weighted by Gasteiger charge is -2.08. The molecule has 5 heteroatoms. The molecule has 3 rings (SSSR count). The van der Waals surface area contributed by atoms with Gasteiger partial charge in [0.05, 0.1) is 0 Å². The molecule has 27 heavy (non-hydrogen) atoms. The number of nitrogens with one attached hydrogen (secondary N) is 2. The standard InChI is InChI=1S/C22H17N3O2/c1-15(26)24-19-11-9-16(10-12-19)13-18(14-23)22(27)25-21-8-4-6-17-5-2-3-7-20(17)21/h2-13H,1H3,(H,24,26)(H,25,27)/b18-13+. The molecule has 0 bridgehead atoms. The molecule has 3 aromatic rings. The number of amides is 2. The van der Waals surface area contributed by atoms with Gasteiger partial charge in [0.1, 0.15) is 11.6 Å². The Morgan fingerprint density at radius 1 is 0.926 bits per heavy atom. The molecule has 0 saturated carbocycles. The predicted molar refractivity (Wildman–Crippen MR) is 107 cm³/mol. The van der Waals surface area contributed by atoms with Crippen LogP contribution in [-0.2, 0) is 9.59 Å². The van der Waals surface area contributed by atoms with Gasteiger partial charge in [-0.05, 0) is 35.2 Å². The molecule has 0 aliphatic rings. The largest absolute Gasteiger partial charge is 0.326 e. The first-order valence-electron chi connectivity index (χ1n) is 8.35. The summed E-state index contributed by atoms with van der Waals surface area (Å²) in [6, 6.07) is 22.2. The van der Waals surface area contributed by atoms with Crippen LogP contribution in [0.5, 0.6) is 0 Å². The third kappa shape index (κ3) is 4.39. The topological polar surface area (TPSA) is 82.0 Å². The molecule has 0 fully saturated rings. The van der Waals surface area contributed by atoms with E-state index in [0.717, 1.165) is 10.8 Å². The number of carbonyl (C=O) groups excluding carboxylic acids is 2. The Balaban J connectivity index is 1.82. The molecular weight excluding hydrogens is 338 g/mol. The van der Waals surface area contributed by atoms with Crippen molar-refractivity contribution in [2.75, 3.05) is 10.6 Å². The Labute approximate surface area is 156 Å². The van der Waals surface area contributed by atoms with Crippen LogP contribution in [0.15, 0.2) is 72.3 Å². The molecule has 0 radical (unpaired) electrons. The van der Waals surface area contributed by atoms with Gasteiger partial charge in [-0.2, -0.15) is 5.26 Å². The number of nitriles is 1. The number of nitrogens with zero attached hydrogens (tertiary/aromatic N) is 1. The van der Waals surface area contributed by atoms with Crippen LogP contribution in [0, 0.1) is 11.3 Å². The second-order valence-corrected chi connectivity index (χ2v) is 5.95. The van der Waals surface area contributed by atoms with Gasteiger partial charge < -0.3 is 10.6 Å². The van der Waals surface area contributed by atoms with Gasteiger partial charge in [0.15, 0.2) is 0 Å². The summed E-state index contributed by atoms with van der Waals surface area (Å²) in [4.78, 5) is 23.6. The van der Waals surface area contributed by atoms with E-state index in [0.29, 0.717) is 16.9 Å². The molecule has 0 aliphatic heterocycles. The maximum absolute atomic E-state index is 12.5. The van der Waals surface area contributed by atoms with E-state index < -0.39 is 5.91 Å². The minimum atomic E-state index is -0.472. The highest BCUT2D eigenvalue weighted by molar-refractivity contribution is 6.12. The van der Waals surface area contributed by atoms with Crippen molar-refractivity contribution in [1.29, 1.82) is 5.26 Å². The van der Waals surface area contributed by atoms with Gasteiger partial charge in [0.2, 0.25) is 5.91 Å². The lowest BCUT2D eigenvalue weighted by atomic mass is 10.1. The molecule has 132 valence electrons. The van der Waals surface area contributed by atoms with Gasteiger partial charge in [-0.1, -0.05) is 48.5 Å². The Morgan fingerprint density at radius 2 is 1.63 bits per heavy atom. The van der Waals surface area contributed by atoms with Crippen molar-refractivity contribution in [3.05, 3.63) is 77.9 Å². The molecule has 0 saturated heterocycles. The molecule has 0 unspecified atom stereocenters. The van der Waals surface area contributed by atoms with Crippen molar-refractivity contribution >= 4 is 40.0 Å². The van der Waals surface area contributed by atoms with Crippen molar-refractivity contribution in [2.45, 2.75) is 6.92 Å². The smallest absolute Gasteiger partial charge is 0.266 e. The molecular formula is C22H17N3O2. The second-order valence-electron chi connectivity index (χ2n) is 5.95. The maximum Gasteiger partial charge on any atom is 0.266 e. The van der Waals surface area contributed by atoms with Crippen LogP contribution in [-0.4, -0.2) is 11.8 Å². The summed E-state index contributed by atoms with van der Waals surface area (Å²) in [5.74, 6) is -0.634. The van der Waals surface area contributed by atoms with Gasteiger partial charge in [-0.15, -0.1) is 0 Å². The molecule has 0 spiro atoms. The Bertz CT molecular complexity index is 1070. The fourth-order valence-electron chi connectivity index (χ4n) is 2.71. The second kappa shape index (κ2) is 7.98. The van der Waals surface area contributed by atoms with E-state index in [2.05, 4.69) is 10.6 Å². The molecule has 3 aromatic carbocycles. The summed E-state index contributed by atoms with van der Waals surface area (Å²) < 4.78 is 0. The quantitative estimate of drug-likeness (QED) is 0.539. The van der Waals surface area contributed by atoms with Crippen LogP contribution < -0.4 is 10.6 Å². The van der Waals surface area contributed by atoms with Gasteiger partial charge in [-0.25, -0.2) is 0 Å². The predicted octanol–water partition coefficient (Wildman–Crippen LogP) is 4.34. The monoisotopic (exact) mass is 355 g/mol. The van der Waals surface area contributed by atoms with E-state index in [1.54, 1.807) is 30.3 Å². The fraction of sp³-hybridized carbons (Fsp3) is 0.0455. The van der Waals surface area contributed by atoms with Crippen molar-refractivity contribution in [3.63, 3.8) is 0 Å². The number of hydrogen-bond acceptors (Lipinski definition) is 3. The minimum absolute atomic E-state index is 0.00443. The van der Waals surface area contributed by atoms with Gasteiger partial charge in [-0.3, -0.25) is 9.59 Å². The third-order valence-electron chi connectivity index (χ3n) is 3.94. The summed E-state index contributed by atoms with van der Waals surface area (Å²) in [6.07, 6.45) is 1.51. The van der Waals surface area contributed by atoms with Crippen LogP contribution in [0.25, 0.3) is 16.8 Å². The highest BCUT2D eigenvalue weighted by atomic mass is 16.2. The average molecular weight is 355 g/mol. The summed E-state index contributed by atoms with van der Waals surface area (Å²) in [7, 11) is 0. The molecule has 0 heterocycles. The number of anilines is 2. The Hall–Kier alpha value is -3.91. The van der Waals surface area contributed by atoms with E-state index in [-0.39, 0.29) is 11.5 Å². The van der Waals surface area contributed by atoms with Crippen LogP contribution in [0.1, 0.15) is 12.5 Å². The van der Waals surface area contributed by atoms with E-state index in [9.17, 15) is 14.9 Å². The first kappa shape index (κ1) is 17.9. The van der Waals surface area contributed by atoms with Gasteiger partial charge in [0.25, 0.3) is 5.91 Å². The zero-order chi connectivity index (χ0) is 19.2. The third-order valence-corrected chi connectivity index (χ3v) is 3.94. The highest BCUT2D eigenvalue weighted by Gasteiger charge is 2.11. The van der Waals surface area contributed by atoms with Crippen molar-refractivity contribution < 1.29 is 9.59 Å². The number of benzene rings is 3. The number of fused-ring (bicyclic) bond motifs is 1. The summed E-state index contributed by atoms with van der Waals surface area (Å²) in [6.45, 7) is 1.43. The number of hydrogen-bond donors (Lipinski definition) is 2. The fourth-order valence-corrected chi connectivity index (χ4v) is 2.71. The minimum Gasteiger partial charge on any atom is -0.326 e. The Morgan fingerprint density at radius 3 is 2.33 bits per heavy atom. The normalized spacial score (nSPS) is 10.9. The molecule has 0 aromatic heterocycles.